The molecule has 1 N–H and O–H groups in total. The van der Waals surface area contributed by atoms with Gasteiger partial charge in [0.15, 0.2) is 5.69 Å². The van der Waals surface area contributed by atoms with Crippen molar-refractivity contribution in [2.75, 3.05) is 13.7 Å². The summed E-state index contributed by atoms with van der Waals surface area (Å²) in [7, 11) is 1.38. The SMILES string of the molecule is COC(=O)c1nc(CC2CCCCO2)nc2c1CNC2. The van der Waals surface area contributed by atoms with Crippen molar-refractivity contribution in [2.24, 2.45) is 0 Å². The van der Waals surface area contributed by atoms with Gasteiger partial charge >= 0.3 is 5.97 Å². The first kappa shape index (κ1) is 13.5. The quantitative estimate of drug-likeness (QED) is 0.830. The van der Waals surface area contributed by atoms with E-state index in [1.165, 1.54) is 13.5 Å². The van der Waals surface area contributed by atoms with Crippen LogP contribution in [0.5, 0.6) is 0 Å². The fourth-order valence-corrected chi connectivity index (χ4v) is 2.75. The van der Waals surface area contributed by atoms with Crippen LogP contribution in [-0.4, -0.2) is 35.8 Å². The highest BCUT2D eigenvalue weighted by atomic mass is 16.5. The second-order valence-corrected chi connectivity index (χ2v) is 5.20. The number of esters is 1. The van der Waals surface area contributed by atoms with Gasteiger partial charge in [-0.15, -0.1) is 0 Å². The summed E-state index contributed by atoms with van der Waals surface area (Å²) < 4.78 is 10.5. The third-order valence-electron chi connectivity index (χ3n) is 3.80. The lowest BCUT2D eigenvalue weighted by atomic mass is 10.1. The van der Waals surface area contributed by atoms with Gasteiger partial charge in [-0.1, -0.05) is 0 Å². The molecule has 1 atom stereocenters. The fourth-order valence-electron chi connectivity index (χ4n) is 2.75. The number of nitrogens with zero attached hydrogens (tertiary/aromatic N) is 2. The molecule has 1 saturated heterocycles. The average Bonchev–Trinajstić information content (AvgIpc) is 2.95. The summed E-state index contributed by atoms with van der Waals surface area (Å²) in [5.41, 5.74) is 2.17. The van der Waals surface area contributed by atoms with Crippen molar-refractivity contribution in [2.45, 2.75) is 44.9 Å². The molecule has 0 saturated carbocycles. The standard InChI is InChI=1S/C14H19N3O3/c1-19-14(18)13-10-7-15-8-11(10)16-12(17-13)6-9-4-2-3-5-20-9/h9,15H,2-8H2,1H3. The Bertz CT molecular complexity index is 513. The van der Waals surface area contributed by atoms with Crippen LogP contribution in [0.25, 0.3) is 0 Å². The van der Waals surface area contributed by atoms with Gasteiger partial charge in [0.25, 0.3) is 0 Å². The van der Waals surface area contributed by atoms with E-state index in [1.807, 2.05) is 0 Å². The molecule has 0 amide bonds. The average molecular weight is 277 g/mol. The monoisotopic (exact) mass is 277 g/mol. The number of carbonyl (C=O) groups is 1. The Hall–Kier alpha value is -1.53. The van der Waals surface area contributed by atoms with Crippen molar-refractivity contribution in [1.82, 2.24) is 15.3 Å². The lowest BCUT2D eigenvalue weighted by molar-refractivity contribution is 0.0155. The molecule has 108 valence electrons. The van der Waals surface area contributed by atoms with Gasteiger partial charge in [-0.2, -0.15) is 0 Å². The molecule has 6 nitrogen and oxygen atoms in total. The minimum absolute atomic E-state index is 0.168. The Morgan fingerprint density at radius 1 is 1.40 bits per heavy atom. The largest absolute Gasteiger partial charge is 0.464 e. The summed E-state index contributed by atoms with van der Waals surface area (Å²) in [6.45, 7) is 2.11. The molecule has 1 fully saturated rings. The van der Waals surface area contributed by atoms with Gasteiger partial charge in [0.2, 0.25) is 0 Å². The first-order valence-electron chi connectivity index (χ1n) is 7.07. The van der Waals surface area contributed by atoms with Crippen molar-refractivity contribution in [1.29, 1.82) is 0 Å². The summed E-state index contributed by atoms with van der Waals surface area (Å²) in [4.78, 5) is 20.8. The molecule has 0 aliphatic carbocycles. The number of hydrogen-bond donors (Lipinski definition) is 1. The second kappa shape index (κ2) is 5.85. The molecule has 1 unspecified atom stereocenters. The summed E-state index contributed by atoms with van der Waals surface area (Å²) in [5.74, 6) is 0.290. The van der Waals surface area contributed by atoms with Gasteiger partial charge in [-0.25, -0.2) is 14.8 Å². The van der Waals surface area contributed by atoms with E-state index in [0.29, 0.717) is 31.0 Å². The number of rotatable bonds is 3. The Morgan fingerprint density at radius 3 is 3.05 bits per heavy atom. The van der Waals surface area contributed by atoms with Gasteiger partial charge in [0.1, 0.15) is 5.82 Å². The van der Waals surface area contributed by atoms with Crippen LogP contribution in [-0.2, 0) is 29.0 Å². The molecule has 1 aromatic heterocycles. The topological polar surface area (TPSA) is 73.3 Å². The van der Waals surface area contributed by atoms with Crippen LogP contribution < -0.4 is 5.32 Å². The number of carbonyl (C=O) groups excluding carboxylic acids is 1. The van der Waals surface area contributed by atoms with E-state index in [1.54, 1.807) is 0 Å². The fraction of sp³-hybridized carbons (Fsp3) is 0.643. The third-order valence-corrected chi connectivity index (χ3v) is 3.80. The maximum Gasteiger partial charge on any atom is 0.357 e. The van der Waals surface area contributed by atoms with Crippen LogP contribution in [0, 0.1) is 0 Å². The number of aromatic nitrogens is 2. The summed E-state index contributed by atoms with van der Waals surface area (Å²) >= 11 is 0. The van der Waals surface area contributed by atoms with Crippen LogP contribution in [0.15, 0.2) is 0 Å². The lowest BCUT2D eigenvalue weighted by Crippen LogP contribution is -2.23. The summed E-state index contributed by atoms with van der Waals surface area (Å²) in [6, 6.07) is 0. The maximum absolute atomic E-state index is 11.8. The molecule has 3 heterocycles. The zero-order chi connectivity index (χ0) is 13.9. The molecule has 6 heteroatoms. The van der Waals surface area contributed by atoms with Crippen molar-refractivity contribution in [3.05, 3.63) is 22.8 Å². The number of ether oxygens (including phenoxy) is 2. The predicted octanol–water partition coefficient (Wildman–Crippen LogP) is 0.978. The van der Waals surface area contributed by atoms with Crippen molar-refractivity contribution in [3.63, 3.8) is 0 Å². The second-order valence-electron chi connectivity index (χ2n) is 5.20. The van der Waals surface area contributed by atoms with E-state index in [0.717, 1.165) is 30.7 Å². The number of methoxy groups -OCH3 is 1. The highest BCUT2D eigenvalue weighted by molar-refractivity contribution is 5.89. The Morgan fingerprint density at radius 2 is 2.30 bits per heavy atom. The van der Waals surface area contributed by atoms with E-state index in [9.17, 15) is 4.79 Å². The molecule has 0 radical (unpaired) electrons. The summed E-state index contributed by atoms with van der Waals surface area (Å²) in [5, 5.41) is 3.20. The van der Waals surface area contributed by atoms with E-state index in [-0.39, 0.29) is 6.10 Å². The zero-order valence-corrected chi connectivity index (χ0v) is 11.6. The Kier molecular flexibility index (Phi) is 3.93. The van der Waals surface area contributed by atoms with Crippen molar-refractivity contribution in [3.8, 4) is 0 Å². The molecule has 0 aromatic carbocycles. The predicted molar refractivity (Wildman–Crippen MR) is 71.2 cm³/mol. The molecule has 20 heavy (non-hydrogen) atoms. The van der Waals surface area contributed by atoms with Gasteiger partial charge in [0.05, 0.1) is 18.9 Å². The Balaban J connectivity index is 1.85. The van der Waals surface area contributed by atoms with Gasteiger partial charge < -0.3 is 14.8 Å². The first-order chi connectivity index (χ1) is 9.78. The number of nitrogens with one attached hydrogen (secondary N) is 1. The van der Waals surface area contributed by atoms with Crippen LogP contribution in [0.1, 0.15) is 46.8 Å². The summed E-state index contributed by atoms with van der Waals surface area (Å²) in [6.07, 6.45) is 4.17. The van der Waals surface area contributed by atoms with Crippen LogP contribution >= 0.6 is 0 Å². The van der Waals surface area contributed by atoms with E-state index >= 15 is 0 Å². The van der Waals surface area contributed by atoms with Crippen LogP contribution in [0.4, 0.5) is 0 Å². The van der Waals surface area contributed by atoms with Crippen LogP contribution in [0.3, 0.4) is 0 Å². The first-order valence-corrected chi connectivity index (χ1v) is 7.07. The molecule has 2 aliphatic rings. The minimum Gasteiger partial charge on any atom is -0.464 e. The number of hydrogen-bond acceptors (Lipinski definition) is 6. The van der Waals surface area contributed by atoms with Gasteiger partial charge in [0, 0.05) is 31.7 Å². The maximum atomic E-state index is 11.8. The molecule has 1 aromatic rings. The molecular formula is C14H19N3O3. The molecule has 3 rings (SSSR count). The van der Waals surface area contributed by atoms with Crippen molar-refractivity contribution < 1.29 is 14.3 Å². The Labute approximate surface area is 117 Å². The smallest absolute Gasteiger partial charge is 0.357 e. The zero-order valence-electron chi connectivity index (χ0n) is 11.6. The van der Waals surface area contributed by atoms with E-state index in [2.05, 4.69) is 15.3 Å². The van der Waals surface area contributed by atoms with E-state index in [4.69, 9.17) is 9.47 Å². The van der Waals surface area contributed by atoms with Crippen LogP contribution in [0.2, 0.25) is 0 Å². The normalized spacial score (nSPS) is 21.6. The third kappa shape index (κ3) is 2.66. The number of fused-ring (bicyclic) bond motifs is 1. The molecule has 0 bridgehead atoms. The molecular weight excluding hydrogens is 258 g/mol. The minimum atomic E-state index is -0.391. The van der Waals surface area contributed by atoms with Crippen molar-refractivity contribution >= 4 is 5.97 Å². The van der Waals surface area contributed by atoms with E-state index < -0.39 is 5.97 Å². The van der Waals surface area contributed by atoms with Gasteiger partial charge in [-0.05, 0) is 19.3 Å². The molecule has 2 aliphatic heterocycles. The highest BCUT2D eigenvalue weighted by Gasteiger charge is 2.25. The van der Waals surface area contributed by atoms with Gasteiger partial charge in [-0.3, -0.25) is 0 Å². The highest BCUT2D eigenvalue weighted by Crippen LogP contribution is 2.20. The lowest BCUT2D eigenvalue weighted by Gasteiger charge is -2.22. The molecule has 0 spiro atoms.